The second kappa shape index (κ2) is 4.93. The average Bonchev–Trinajstić information content (AvgIpc) is 2.77. The van der Waals surface area contributed by atoms with Gasteiger partial charge in [-0.1, -0.05) is 6.92 Å². The topological polar surface area (TPSA) is 77.7 Å². The zero-order valence-electron chi connectivity index (χ0n) is 10.3. The highest BCUT2D eigenvalue weighted by molar-refractivity contribution is 9.10. The first-order valence-corrected chi connectivity index (χ1v) is 7.84. The number of rotatable bonds is 3. The van der Waals surface area contributed by atoms with E-state index in [0.717, 1.165) is 0 Å². The van der Waals surface area contributed by atoms with E-state index in [0.29, 0.717) is 10.1 Å². The lowest BCUT2D eigenvalue weighted by atomic mass is 10.4. The number of hydrogen-bond acceptors (Lipinski definition) is 5. The highest BCUT2D eigenvalue weighted by Gasteiger charge is 2.28. The number of ether oxygens (including phenoxy) is 1. The van der Waals surface area contributed by atoms with Crippen LogP contribution in [0.2, 0.25) is 0 Å². The van der Waals surface area contributed by atoms with Gasteiger partial charge in [0.05, 0.1) is 12.9 Å². The minimum Gasteiger partial charge on any atom is -0.464 e. The van der Waals surface area contributed by atoms with Crippen LogP contribution >= 0.6 is 15.9 Å². The summed E-state index contributed by atoms with van der Waals surface area (Å²) in [6, 6.07) is 3.33. The SMILES string of the molecule is CCS(=O)(=O)c1nc2ccc(Br)cn2c1C(=O)OC. The van der Waals surface area contributed by atoms with Crippen LogP contribution in [0.3, 0.4) is 0 Å². The van der Waals surface area contributed by atoms with Crippen molar-refractivity contribution >= 4 is 37.4 Å². The molecule has 2 aromatic heterocycles. The van der Waals surface area contributed by atoms with Gasteiger partial charge in [0, 0.05) is 10.7 Å². The molecule has 0 unspecified atom stereocenters. The summed E-state index contributed by atoms with van der Waals surface area (Å²) in [6.45, 7) is 1.50. The van der Waals surface area contributed by atoms with Crippen LogP contribution in [0.4, 0.5) is 0 Å². The van der Waals surface area contributed by atoms with Gasteiger partial charge in [-0.05, 0) is 28.1 Å². The maximum Gasteiger partial charge on any atom is 0.358 e. The molecule has 0 fully saturated rings. The molecule has 8 heteroatoms. The Morgan fingerprint density at radius 3 is 2.74 bits per heavy atom. The number of nitrogens with zero attached hydrogens (tertiary/aromatic N) is 2. The van der Waals surface area contributed by atoms with E-state index in [-0.39, 0.29) is 16.5 Å². The Morgan fingerprint density at radius 1 is 1.47 bits per heavy atom. The molecule has 0 atom stereocenters. The van der Waals surface area contributed by atoms with Crippen LogP contribution in [0.25, 0.3) is 5.65 Å². The summed E-state index contributed by atoms with van der Waals surface area (Å²) in [5.74, 6) is -0.875. The number of halogens is 1. The number of aromatic nitrogens is 2. The molecule has 0 amide bonds. The predicted molar refractivity (Wildman–Crippen MR) is 72.0 cm³/mol. The lowest BCUT2D eigenvalue weighted by Gasteiger charge is -2.03. The molecule has 0 spiro atoms. The van der Waals surface area contributed by atoms with Gasteiger partial charge in [-0.3, -0.25) is 4.40 Å². The highest BCUT2D eigenvalue weighted by Crippen LogP contribution is 2.22. The van der Waals surface area contributed by atoms with Crippen molar-refractivity contribution in [3.05, 3.63) is 28.5 Å². The molecule has 0 bridgehead atoms. The number of methoxy groups -OCH3 is 1. The fourth-order valence-corrected chi connectivity index (χ4v) is 2.95. The molecule has 2 heterocycles. The smallest absolute Gasteiger partial charge is 0.358 e. The minimum atomic E-state index is -3.61. The second-order valence-corrected chi connectivity index (χ2v) is 6.85. The van der Waals surface area contributed by atoms with E-state index in [1.165, 1.54) is 18.4 Å². The molecule has 19 heavy (non-hydrogen) atoms. The van der Waals surface area contributed by atoms with Gasteiger partial charge in [-0.25, -0.2) is 18.2 Å². The number of hydrogen-bond donors (Lipinski definition) is 0. The lowest BCUT2D eigenvalue weighted by Crippen LogP contribution is -2.13. The summed E-state index contributed by atoms with van der Waals surface area (Å²) in [7, 11) is -2.41. The zero-order valence-corrected chi connectivity index (χ0v) is 12.7. The average molecular weight is 347 g/mol. The third-order valence-electron chi connectivity index (χ3n) is 2.60. The third kappa shape index (κ3) is 2.37. The Balaban J connectivity index is 2.88. The first-order chi connectivity index (χ1) is 8.90. The van der Waals surface area contributed by atoms with Crippen LogP contribution in [0.15, 0.2) is 27.8 Å². The Bertz CT molecular complexity index is 751. The molecule has 0 aliphatic heterocycles. The lowest BCUT2D eigenvalue weighted by molar-refractivity contribution is 0.0588. The minimum absolute atomic E-state index is 0.0827. The van der Waals surface area contributed by atoms with Gasteiger partial charge in [0.2, 0.25) is 0 Å². The van der Waals surface area contributed by atoms with Gasteiger partial charge < -0.3 is 4.74 Å². The highest BCUT2D eigenvalue weighted by atomic mass is 79.9. The summed E-state index contributed by atoms with van der Waals surface area (Å²) in [5.41, 5.74) is 0.288. The van der Waals surface area contributed by atoms with Crippen LogP contribution < -0.4 is 0 Å². The van der Waals surface area contributed by atoms with E-state index in [4.69, 9.17) is 0 Å². The van der Waals surface area contributed by atoms with Crippen molar-refractivity contribution in [2.45, 2.75) is 11.9 Å². The molecule has 0 aromatic carbocycles. The molecular formula is C11H11BrN2O4S. The summed E-state index contributed by atoms with van der Waals surface area (Å²) in [5, 5.41) is -0.250. The summed E-state index contributed by atoms with van der Waals surface area (Å²) in [6.07, 6.45) is 1.57. The Morgan fingerprint density at radius 2 is 2.16 bits per heavy atom. The molecule has 0 N–H and O–H groups in total. The fraction of sp³-hybridized carbons (Fsp3) is 0.273. The quantitative estimate of drug-likeness (QED) is 0.790. The second-order valence-electron chi connectivity index (χ2n) is 3.74. The molecule has 2 aromatic rings. The molecule has 0 aliphatic carbocycles. The van der Waals surface area contributed by atoms with Crippen LogP contribution in [-0.2, 0) is 14.6 Å². The fourth-order valence-electron chi connectivity index (χ4n) is 1.63. The standard InChI is InChI=1S/C11H11BrN2O4S/c1-3-19(16,17)10-9(11(15)18-2)14-6-7(12)4-5-8(14)13-10/h4-6H,3H2,1-2H3. The van der Waals surface area contributed by atoms with Crippen LogP contribution in [0.1, 0.15) is 17.4 Å². The predicted octanol–water partition coefficient (Wildman–Crippen LogP) is 1.68. The van der Waals surface area contributed by atoms with Crippen molar-refractivity contribution in [1.82, 2.24) is 9.38 Å². The van der Waals surface area contributed by atoms with Gasteiger partial charge >= 0.3 is 5.97 Å². The van der Waals surface area contributed by atoms with Crippen molar-refractivity contribution in [3.8, 4) is 0 Å². The molecule has 2 rings (SSSR count). The Hall–Kier alpha value is -1.41. The van der Waals surface area contributed by atoms with Crippen LogP contribution in [-0.4, -0.2) is 36.6 Å². The molecule has 0 saturated heterocycles. The van der Waals surface area contributed by atoms with Gasteiger partial charge in [-0.2, -0.15) is 0 Å². The zero-order chi connectivity index (χ0) is 14.2. The van der Waals surface area contributed by atoms with E-state index in [2.05, 4.69) is 25.7 Å². The van der Waals surface area contributed by atoms with Gasteiger partial charge in [0.1, 0.15) is 5.65 Å². The van der Waals surface area contributed by atoms with Crippen molar-refractivity contribution in [2.75, 3.05) is 12.9 Å². The number of pyridine rings is 1. The largest absolute Gasteiger partial charge is 0.464 e. The van der Waals surface area contributed by atoms with E-state index >= 15 is 0 Å². The molecule has 0 radical (unpaired) electrons. The van der Waals surface area contributed by atoms with Crippen molar-refractivity contribution in [3.63, 3.8) is 0 Å². The first-order valence-electron chi connectivity index (χ1n) is 5.39. The molecule has 102 valence electrons. The summed E-state index contributed by atoms with van der Waals surface area (Å²) < 4.78 is 30.7. The number of esters is 1. The van der Waals surface area contributed by atoms with Crippen molar-refractivity contribution in [2.24, 2.45) is 0 Å². The van der Waals surface area contributed by atoms with Crippen molar-refractivity contribution < 1.29 is 17.9 Å². The van der Waals surface area contributed by atoms with Gasteiger partial charge in [0.15, 0.2) is 20.6 Å². The van der Waals surface area contributed by atoms with Gasteiger partial charge in [0.25, 0.3) is 0 Å². The Labute approximate surface area is 118 Å². The maximum absolute atomic E-state index is 12.0. The third-order valence-corrected chi connectivity index (χ3v) is 4.71. The van der Waals surface area contributed by atoms with E-state index in [9.17, 15) is 13.2 Å². The number of fused-ring (bicyclic) bond motifs is 1. The maximum atomic E-state index is 12.0. The number of imidazole rings is 1. The summed E-state index contributed by atoms with van der Waals surface area (Å²) >= 11 is 3.26. The van der Waals surface area contributed by atoms with Crippen LogP contribution in [0, 0.1) is 0 Å². The number of carbonyl (C=O) groups is 1. The number of sulfone groups is 1. The monoisotopic (exact) mass is 346 g/mol. The van der Waals surface area contributed by atoms with E-state index < -0.39 is 15.8 Å². The molecule has 0 aliphatic rings. The molecule has 6 nitrogen and oxygen atoms in total. The summed E-state index contributed by atoms with van der Waals surface area (Å²) in [4.78, 5) is 15.8. The molecule has 0 saturated carbocycles. The molecular weight excluding hydrogens is 336 g/mol. The van der Waals surface area contributed by atoms with Crippen molar-refractivity contribution in [1.29, 1.82) is 0 Å². The normalized spacial score (nSPS) is 11.7. The van der Waals surface area contributed by atoms with Crippen LogP contribution in [0.5, 0.6) is 0 Å². The number of carbonyl (C=O) groups excluding carboxylic acids is 1. The van der Waals surface area contributed by atoms with Gasteiger partial charge in [-0.15, -0.1) is 0 Å². The first kappa shape index (κ1) is 14.0. The van der Waals surface area contributed by atoms with E-state index in [1.54, 1.807) is 18.3 Å². The van der Waals surface area contributed by atoms with E-state index in [1.807, 2.05) is 0 Å². The Kier molecular flexibility index (Phi) is 3.64.